The standard InChI is InChI=1S/C15H20O2/c1-12(2)13(3)17-11-15-8-6-14(7-9-15)5-4-10-16/h6-9,12-13,16H,10-11H2,1-3H3. The van der Waals surface area contributed by atoms with Crippen molar-refractivity contribution in [1.29, 1.82) is 0 Å². The molecule has 17 heavy (non-hydrogen) atoms. The molecule has 1 aromatic rings. The van der Waals surface area contributed by atoms with E-state index in [9.17, 15) is 0 Å². The van der Waals surface area contributed by atoms with E-state index in [4.69, 9.17) is 9.84 Å². The van der Waals surface area contributed by atoms with Crippen molar-refractivity contribution in [2.45, 2.75) is 33.5 Å². The van der Waals surface area contributed by atoms with Gasteiger partial charge < -0.3 is 9.84 Å². The average Bonchev–Trinajstić information content (AvgIpc) is 2.34. The molecule has 0 fully saturated rings. The number of aliphatic hydroxyl groups is 1. The lowest BCUT2D eigenvalue weighted by Crippen LogP contribution is -2.14. The fraction of sp³-hybridized carbons (Fsp3) is 0.467. The van der Waals surface area contributed by atoms with Gasteiger partial charge >= 0.3 is 0 Å². The Morgan fingerprint density at radius 3 is 2.35 bits per heavy atom. The van der Waals surface area contributed by atoms with Crippen molar-refractivity contribution >= 4 is 0 Å². The van der Waals surface area contributed by atoms with Crippen LogP contribution in [0.15, 0.2) is 24.3 Å². The summed E-state index contributed by atoms with van der Waals surface area (Å²) < 4.78 is 5.73. The van der Waals surface area contributed by atoms with Crippen LogP contribution in [0.3, 0.4) is 0 Å². The summed E-state index contributed by atoms with van der Waals surface area (Å²) in [5.74, 6) is 6.02. The number of hydrogen-bond donors (Lipinski definition) is 1. The zero-order valence-corrected chi connectivity index (χ0v) is 10.7. The van der Waals surface area contributed by atoms with Crippen LogP contribution in [0, 0.1) is 17.8 Å². The fourth-order valence-corrected chi connectivity index (χ4v) is 1.25. The van der Waals surface area contributed by atoms with Crippen LogP contribution in [0.2, 0.25) is 0 Å². The monoisotopic (exact) mass is 232 g/mol. The fourth-order valence-electron chi connectivity index (χ4n) is 1.25. The zero-order chi connectivity index (χ0) is 12.7. The largest absolute Gasteiger partial charge is 0.384 e. The highest BCUT2D eigenvalue weighted by Crippen LogP contribution is 2.10. The maximum Gasteiger partial charge on any atom is 0.104 e. The third-order valence-electron chi connectivity index (χ3n) is 2.72. The normalized spacial score (nSPS) is 12.1. The van der Waals surface area contributed by atoms with Crippen molar-refractivity contribution in [3.8, 4) is 11.8 Å². The molecule has 2 heteroatoms. The second-order valence-electron chi connectivity index (χ2n) is 4.42. The maximum atomic E-state index is 8.59. The number of rotatable bonds is 4. The Hall–Kier alpha value is -1.30. The van der Waals surface area contributed by atoms with Crippen LogP contribution in [0.5, 0.6) is 0 Å². The van der Waals surface area contributed by atoms with Crippen molar-refractivity contribution in [3.05, 3.63) is 35.4 Å². The van der Waals surface area contributed by atoms with E-state index in [1.54, 1.807) is 0 Å². The van der Waals surface area contributed by atoms with E-state index in [-0.39, 0.29) is 12.7 Å². The van der Waals surface area contributed by atoms with E-state index < -0.39 is 0 Å². The molecule has 0 bridgehead atoms. The van der Waals surface area contributed by atoms with Crippen molar-refractivity contribution < 1.29 is 9.84 Å². The van der Waals surface area contributed by atoms with Crippen LogP contribution in [-0.4, -0.2) is 17.8 Å². The van der Waals surface area contributed by atoms with Gasteiger partial charge in [0.25, 0.3) is 0 Å². The number of ether oxygens (including phenoxy) is 1. The van der Waals surface area contributed by atoms with Crippen molar-refractivity contribution in [1.82, 2.24) is 0 Å². The highest BCUT2D eigenvalue weighted by Gasteiger charge is 2.06. The van der Waals surface area contributed by atoms with Crippen LogP contribution < -0.4 is 0 Å². The summed E-state index contributed by atoms with van der Waals surface area (Å²) in [6.07, 6.45) is 0.267. The third kappa shape index (κ3) is 5.04. The Kier molecular flexibility index (Phi) is 5.76. The SMILES string of the molecule is CC(C)C(C)OCc1ccc(C#CCO)cc1. The molecular weight excluding hydrogens is 212 g/mol. The minimum Gasteiger partial charge on any atom is -0.384 e. The molecule has 0 spiro atoms. The molecular formula is C15H20O2. The van der Waals surface area contributed by atoms with E-state index in [0.29, 0.717) is 12.5 Å². The second-order valence-corrected chi connectivity index (χ2v) is 4.42. The minimum atomic E-state index is -0.100. The highest BCUT2D eigenvalue weighted by atomic mass is 16.5. The molecule has 0 saturated carbocycles. The molecule has 1 N–H and O–H groups in total. The molecule has 1 aromatic carbocycles. The summed E-state index contributed by atoms with van der Waals surface area (Å²) in [5, 5.41) is 8.59. The number of hydrogen-bond acceptors (Lipinski definition) is 2. The van der Waals surface area contributed by atoms with Crippen molar-refractivity contribution in [3.63, 3.8) is 0 Å². The summed E-state index contributed by atoms with van der Waals surface area (Å²) in [6, 6.07) is 7.91. The van der Waals surface area contributed by atoms with E-state index in [2.05, 4.69) is 32.6 Å². The van der Waals surface area contributed by atoms with Gasteiger partial charge in [0.15, 0.2) is 0 Å². The Labute approximate surface area is 104 Å². The minimum absolute atomic E-state index is 0.100. The van der Waals surface area contributed by atoms with Gasteiger partial charge in [-0.05, 0) is 30.5 Å². The van der Waals surface area contributed by atoms with Gasteiger partial charge in [-0.2, -0.15) is 0 Å². The van der Waals surface area contributed by atoms with E-state index in [0.717, 1.165) is 11.1 Å². The lowest BCUT2D eigenvalue weighted by atomic mass is 10.1. The molecule has 0 amide bonds. The van der Waals surface area contributed by atoms with Crippen LogP contribution in [-0.2, 0) is 11.3 Å². The van der Waals surface area contributed by atoms with E-state index in [1.165, 1.54) is 0 Å². The maximum absolute atomic E-state index is 8.59. The predicted molar refractivity (Wildman–Crippen MR) is 69.5 cm³/mol. The molecule has 0 aliphatic heterocycles. The van der Waals surface area contributed by atoms with Gasteiger partial charge in [0.2, 0.25) is 0 Å². The lowest BCUT2D eigenvalue weighted by Gasteiger charge is -2.16. The summed E-state index contributed by atoms with van der Waals surface area (Å²) >= 11 is 0. The smallest absolute Gasteiger partial charge is 0.104 e. The second kappa shape index (κ2) is 7.11. The Bertz CT molecular complexity index is 382. The van der Waals surface area contributed by atoms with Gasteiger partial charge in [-0.1, -0.05) is 37.8 Å². The van der Waals surface area contributed by atoms with Gasteiger partial charge in [-0.25, -0.2) is 0 Å². The molecule has 1 rings (SSSR count). The first-order valence-electron chi connectivity index (χ1n) is 5.93. The summed E-state index contributed by atoms with van der Waals surface area (Å²) in [6.45, 7) is 6.92. The summed E-state index contributed by atoms with van der Waals surface area (Å²) in [7, 11) is 0. The van der Waals surface area contributed by atoms with Gasteiger partial charge in [0.1, 0.15) is 6.61 Å². The Balaban J connectivity index is 2.51. The molecule has 0 aromatic heterocycles. The highest BCUT2D eigenvalue weighted by molar-refractivity contribution is 5.35. The van der Waals surface area contributed by atoms with Crippen LogP contribution in [0.25, 0.3) is 0 Å². The molecule has 0 heterocycles. The Morgan fingerprint density at radius 1 is 1.18 bits per heavy atom. The molecule has 0 aliphatic rings. The molecule has 0 radical (unpaired) electrons. The topological polar surface area (TPSA) is 29.5 Å². The summed E-state index contributed by atoms with van der Waals surface area (Å²) in [5.41, 5.74) is 2.06. The van der Waals surface area contributed by atoms with Crippen molar-refractivity contribution in [2.75, 3.05) is 6.61 Å². The van der Waals surface area contributed by atoms with E-state index in [1.807, 2.05) is 24.3 Å². The third-order valence-corrected chi connectivity index (χ3v) is 2.72. The first-order valence-corrected chi connectivity index (χ1v) is 5.93. The van der Waals surface area contributed by atoms with Crippen molar-refractivity contribution in [2.24, 2.45) is 5.92 Å². The van der Waals surface area contributed by atoms with Crippen LogP contribution in [0.1, 0.15) is 31.9 Å². The van der Waals surface area contributed by atoms with Gasteiger partial charge in [-0.3, -0.25) is 0 Å². The van der Waals surface area contributed by atoms with E-state index >= 15 is 0 Å². The Morgan fingerprint density at radius 2 is 1.82 bits per heavy atom. The molecule has 0 saturated heterocycles. The number of aliphatic hydroxyl groups excluding tert-OH is 1. The van der Waals surface area contributed by atoms with Gasteiger partial charge in [-0.15, -0.1) is 0 Å². The summed E-state index contributed by atoms with van der Waals surface area (Å²) in [4.78, 5) is 0. The number of benzene rings is 1. The zero-order valence-electron chi connectivity index (χ0n) is 10.7. The van der Waals surface area contributed by atoms with Crippen LogP contribution >= 0.6 is 0 Å². The predicted octanol–water partition coefficient (Wildman–Crippen LogP) is 2.59. The van der Waals surface area contributed by atoms with Gasteiger partial charge in [0.05, 0.1) is 12.7 Å². The molecule has 2 nitrogen and oxygen atoms in total. The van der Waals surface area contributed by atoms with Crippen LogP contribution in [0.4, 0.5) is 0 Å². The first-order chi connectivity index (χ1) is 8.13. The molecule has 1 atom stereocenters. The molecule has 92 valence electrons. The lowest BCUT2D eigenvalue weighted by molar-refractivity contribution is 0.0235. The van der Waals surface area contributed by atoms with Gasteiger partial charge in [0, 0.05) is 5.56 Å². The quantitative estimate of drug-likeness (QED) is 0.809. The average molecular weight is 232 g/mol. The molecule has 0 aliphatic carbocycles. The first kappa shape index (κ1) is 13.8. The molecule has 1 unspecified atom stereocenters.